The number of benzene rings is 1. The SMILES string of the molecule is C[C@@H](c1ccccn1)N(C1CC1)S(=O)(=O)c1cccc(C(=O)N(C)C)c1. The fraction of sp³-hybridized carbons (Fsp3) is 0.368. The van der Waals surface area contributed by atoms with Crippen molar-refractivity contribution < 1.29 is 13.2 Å². The molecule has 0 unspecified atom stereocenters. The number of aromatic nitrogens is 1. The van der Waals surface area contributed by atoms with Gasteiger partial charge in [-0.15, -0.1) is 0 Å². The fourth-order valence-corrected chi connectivity index (χ4v) is 4.87. The standard InChI is InChI=1S/C19H23N3O3S/c1-14(18-9-4-5-12-20-18)22(16-10-11-16)26(24,25)17-8-6-7-15(13-17)19(23)21(2)3/h4-9,12-14,16H,10-11H2,1-3H3/t14-/m0/s1. The largest absolute Gasteiger partial charge is 0.345 e. The van der Waals surface area contributed by atoms with Crippen molar-refractivity contribution in [2.45, 2.75) is 36.7 Å². The fourth-order valence-electron chi connectivity index (χ4n) is 2.97. The van der Waals surface area contributed by atoms with Gasteiger partial charge in [0.2, 0.25) is 10.0 Å². The predicted molar refractivity (Wildman–Crippen MR) is 99.2 cm³/mol. The second kappa shape index (κ2) is 7.17. The van der Waals surface area contributed by atoms with Gasteiger partial charge in [-0.25, -0.2) is 8.42 Å². The van der Waals surface area contributed by atoms with Gasteiger partial charge in [-0.05, 0) is 50.1 Å². The molecule has 1 atom stereocenters. The predicted octanol–water partition coefficient (Wildman–Crippen LogP) is 2.70. The monoisotopic (exact) mass is 373 g/mol. The first kappa shape index (κ1) is 18.5. The topological polar surface area (TPSA) is 70.6 Å². The van der Waals surface area contributed by atoms with Gasteiger partial charge in [0, 0.05) is 31.9 Å². The molecule has 3 rings (SSSR count). The number of pyridine rings is 1. The zero-order chi connectivity index (χ0) is 18.9. The molecule has 0 spiro atoms. The Morgan fingerprint density at radius 3 is 2.46 bits per heavy atom. The van der Waals surface area contributed by atoms with Gasteiger partial charge >= 0.3 is 0 Å². The lowest BCUT2D eigenvalue weighted by Gasteiger charge is -2.28. The Hall–Kier alpha value is -2.25. The van der Waals surface area contributed by atoms with E-state index < -0.39 is 10.0 Å². The molecule has 0 N–H and O–H groups in total. The van der Waals surface area contributed by atoms with Crippen molar-refractivity contribution in [3.8, 4) is 0 Å². The van der Waals surface area contributed by atoms with E-state index in [1.807, 2.05) is 25.1 Å². The highest BCUT2D eigenvalue weighted by atomic mass is 32.2. The van der Waals surface area contributed by atoms with Crippen LogP contribution in [-0.4, -0.2) is 48.7 Å². The average molecular weight is 373 g/mol. The highest BCUT2D eigenvalue weighted by molar-refractivity contribution is 7.89. The van der Waals surface area contributed by atoms with Crippen molar-refractivity contribution in [2.24, 2.45) is 0 Å². The maximum atomic E-state index is 13.3. The highest BCUT2D eigenvalue weighted by Gasteiger charge is 2.42. The lowest BCUT2D eigenvalue weighted by molar-refractivity contribution is 0.0827. The van der Waals surface area contributed by atoms with Crippen LogP contribution >= 0.6 is 0 Å². The zero-order valence-electron chi connectivity index (χ0n) is 15.2. The maximum Gasteiger partial charge on any atom is 0.253 e. The van der Waals surface area contributed by atoms with Gasteiger partial charge in [-0.2, -0.15) is 4.31 Å². The molecule has 2 aromatic rings. The summed E-state index contributed by atoms with van der Waals surface area (Å²) in [5, 5.41) is 0. The molecule has 0 saturated heterocycles. The van der Waals surface area contributed by atoms with Crippen LogP contribution in [0.3, 0.4) is 0 Å². The van der Waals surface area contributed by atoms with E-state index in [4.69, 9.17) is 0 Å². The molecule has 1 amide bonds. The van der Waals surface area contributed by atoms with E-state index >= 15 is 0 Å². The number of sulfonamides is 1. The molecule has 0 aliphatic heterocycles. The lowest BCUT2D eigenvalue weighted by Crippen LogP contribution is -2.36. The molecule has 7 heteroatoms. The molecule has 1 aromatic heterocycles. The van der Waals surface area contributed by atoms with Crippen molar-refractivity contribution in [3.05, 3.63) is 59.9 Å². The minimum atomic E-state index is -3.74. The minimum Gasteiger partial charge on any atom is -0.345 e. The summed E-state index contributed by atoms with van der Waals surface area (Å²) in [5.74, 6) is -0.224. The molecule has 6 nitrogen and oxygen atoms in total. The van der Waals surface area contributed by atoms with Crippen LogP contribution in [0.25, 0.3) is 0 Å². The Kier molecular flexibility index (Phi) is 5.11. The summed E-state index contributed by atoms with van der Waals surface area (Å²) in [4.78, 5) is 18.1. The first-order valence-electron chi connectivity index (χ1n) is 8.58. The number of amides is 1. The summed E-state index contributed by atoms with van der Waals surface area (Å²) in [6, 6.07) is 11.3. The van der Waals surface area contributed by atoms with Crippen LogP contribution in [0.1, 0.15) is 41.9 Å². The quantitative estimate of drug-likeness (QED) is 0.781. The van der Waals surface area contributed by atoms with Crippen molar-refractivity contribution in [1.82, 2.24) is 14.2 Å². The van der Waals surface area contributed by atoms with E-state index in [1.54, 1.807) is 38.5 Å². The van der Waals surface area contributed by atoms with Crippen LogP contribution in [-0.2, 0) is 10.0 Å². The van der Waals surface area contributed by atoms with Crippen LogP contribution in [0.4, 0.5) is 0 Å². The number of rotatable bonds is 6. The van der Waals surface area contributed by atoms with Gasteiger partial charge in [0.05, 0.1) is 16.6 Å². The minimum absolute atomic E-state index is 0.0230. The molecular formula is C19H23N3O3S. The van der Waals surface area contributed by atoms with Crippen LogP contribution in [0, 0.1) is 0 Å². The number of carbonyl (C=O) groups is 1. The molecule has 1 aliphatic carbocycles. The molecule has 1 aliphatic rings. The molecule has 138 valence electrons. The molecule has 1 saturated carbocycles. The molecule has 1 heterocycles. The number of hydrogen-bond donors (Lipinski definition) is 0. The first-order chi connectivity index (χ1) is 12.3. The van der Waals surface area contributed by atoms with Crippen LogP contribution < -0.4 is 0 Å². The van der Waals surface area contributed by atoms with Gasteiger partial charge in [0.25, 0.3) is 5.91 Å². The van der Waals surface area contributed by atoms with Crippen LogP contribution in [0.2, 0.25) is 0 Å². The van der Waals surface area contributed by atoms with Crippen LogP contribution in [0.15, 0.2) is 53.6 Å². The van der Waals surface area contributed by atoms with Crippen LogP contribution in [0.5, 0.6) is 0 Å². The van der Waals surface area contributed by atoms with E-state index in [9.17, 15) is 13.2 Å². The lowest BCUT2D eigenvalue weighted by atomic mass is 10.2. The number of hydrogen-bond acceptors (Lipinski definition) is 4. The van der Waals surface area contributed by atoms with E-state index in [0.717, 1.165) is 12.8 Å². The first-order valence-corrected chi connectivity index (χ1v) is 10.0. The smallest absolute Gasteiger partial charge is 0.253 e. The van der Waals surface area contributed by atoms with Crippen molar-refractivity contribution in [1.29, 1.82) is 0 Å². The third kappa shape index (κ3) is 3.64. The summed E-state index contributed by atoms with van der Waals surface area (Å²) in [6.07, 6.45) is 3.35. The van der Waals surface area contributed by atoms with Gasteiger partial charge in [-0.3, -0.25) is 9.78 Å². The van der Waals surface area contributed by atoms with Crippen molar-refractivity contribution in [3.63, 3.8) is 0 Å². The molecule has 1 fully saturated rings. The second-order valence-electron chi connectivity index (χ2n) is 6.72. The molecular weight excluding hydrogens is 350 g/mol. The molecule has 26 heavy (non-hydrogen) atoms. The van der Waals surface area contributed by atoms with E-state index in [1.165, 1.54) is 15.3 Å². The normalized spacial score (nSPS) is 15.7. The van der Waals surface area contributed by atoms with E-state index in [2.05, 4.69) is 4.98 Å². The molecule has 1 aromatic carbocycles. The third-order valence-electron chi connectivity index (χ3n) is 4.47. The maximum absolute atomic E-state index is 13.3. The van der Waals surface area contributed by atoms with Gasteiger partial charge < -0.3 is 4.90 Å². The van der Waals surface area contributed by atoms with Crippen molar-refractivity contribution >= 4 is 15.9 Å². The summed E-state index contributed by atoms with van der Waals surface area (Å²) < 4.78 is 28.2. The Balaban J connectivity index is 1.99. The molecule has 0 bridgehead atoms. The summed E-state index contributed by atoms with van der Waals surface area (Å²) in [5.41, 5.74) is 1.07. The van der Waals surface area contributed by atoms with E-state index in [-0.39, 0.29) is 22.9 Å². The Labute approximate surface area is 154 Å². The number of carbonyl (C=O) groups excluding carboxylic acids is 1. The van der Waals surface area contributed by atoms with E-state index in [0.29, 0.717) is 11.3 Å². The number of nitrogens with zero attached hydrogens (tertiary/aromatic N) is 3. The zero-order valence-corrected chi connectivity index (χ0v) is 16.0. The van der Waals surface area contributed by atoms with Gasteiger partial charge in [-0.1, -0.05) is 12.1 Å². The van der Waals surface area contributed by atoms with Crippen molar-refractivity contribution in [2.75, 3.05) is 14.1 Å². The summed E-state index contributed by atoms with van der Waals surface area (Å²) >= 11 is 0. The third-order valence-corrected chi connectivity index (χ3v) is 6.49. The van der Waals surface area contributed by atoms with Gasteiger partial charge in [0.1, 0.15) is 0 Å². The highest BCUT2D eigenvalue weighted by Crippen LogP contribution is 2.38. The summed E-state index contributed by atoms with van der Waals surface area (Å²) in [6.45, 7) is 1.85. The van der Waals surface area contributed by atoms with Gasteiger partial charge in [0.15, 0.2) is 0 Å². The molecule has 0 radical (unpaired) electrons. The Morgan fingerprint density at radius 2 is 1.88 bits per heavy atom. The summed E-state index contributed by atoms with van der Waals surface area (Å²) in [7, 11) is -0.460. The Bertz CT molecular complexity index is 893. The second-order valence-corrected chi connectivity index (χ2v) is 8.57. The average Bonchev–Trinajstić information content (AvgIpc) is 3.46. The Morgan fingerprint density at radius 1 is 1.15 bits per heavy atom.